The minimum absolute atomic E-state index is 0.0858. The topological polar surface area (TPSA) is 38.8 Å². The zero-order chi connectivity index (χ0) is 16.8. The van der Waals surface area contributed by atoms with E-state index in [9.17, 15) is 4.79 Å². The van der Waals surface area contributed by atoms with Crippen LogP contribution >= 0.6 is 0 Å². The molecule has 1 unspecified atom stereocenters. The SMILES string of the molecule is COc1ccc2c3c1OC1C(=O)CC[C@@H]4[C@H](C2)N(CC2CC2)CC[C@@]314. The number of hydrogen-bond donors (Lipinski definition) is 0. The van der Waals surface area contributed by atoms with Crippen LogP contribution in [0.1, 0.15) is 43.2 Å². The van der Waals surface area contributed by atoms with Crippen molar-refractivity contribution >= 4 is 5.78 Å². The largest absolute Gasteiger partial charge is 0.493 e. The Morgan fingerprint density at radius 2 is 2.20 bits per heavy atom. The van der Waals surface area contributed by atoms with Gasteiger partial charge in [0.15, 0.2) is 23.4 Å². The summed E-state index contributed by atoms with van der Waals surface area (Å²) in [5.74, 6) is 3.45. The third-order valence-electron chi connectivity index (χ3n) is 7.62. The van der Waals surface area contributed by atoms with E-state index >= 15 is 0 Å². The standard InChI is InChI=1S/C21H25NO3/c1-24-17-7-4-13-10-15-14-5-6-16(23)20-21(14,18(13)19(17)25-20)8-9-22(15)11-12-2-3-12/h4,7,12,14-15,20H,2-3,5-6,8-11H2,1H3/t14-,15+,20?,21-/m1/s1. The first-order chi connectivity index (χ1) is 12.2. The summed E-state index contributed by atoms with van der Waals surface area (Å²) in [6, 6.07) is 4.85. The first-order valence-electron chi connectivity index (χ1n) is 9.86. The first kappa shape index (κ1) is 14.6. The highest BCUT2D eigenvalue weighted by Gasteiger charge is 2.66. The second-order valence-electron chi connectivity index (χ2n) is 8.74. The molecule has 1 aromatic rings. The van der Waals surface area contributed by atoms with Gasteiger partial charge in [0.05, 0.1) is 7.11 Å². The van der Waals surface area contributed by atoms with E-state index < -0.39 is 0 Å². The number of methoxy groups -OCH3 is 1. The molecule has 6 rings (SSSR count). The van der Waals surface area contributed by atoms with Gasteiger partial charge in [0.2, 0.25) is 0 Å². The van der Waals surface area contributed by atoms with Crippen molar-refractivity contribution in [3.05, 3.63) is 23.3 Å². The molecule has 132 valence electrons. The monoisotopic (exact) mass is 339 g/mol. The third kappa shape index (κ3) is 1.74. The molecule has 2 aliphatic heterocycles. The summed E-state index contributed by atoms with van der Waals surface area (Å²) in [6.45, 7) is 2.37. The van der Waals surface area contributed by atoms with Gasteiger partial charge in [-0.3, -0.25) is 9.69 Å². The van der Waals surface area contributed by atoms with Crippen molar-refractivity contribution < 1.29 is 14.3 Å². The molecule has 3 aliphatic carbocycles. The van der Waals surface area contributed by atoms with Crippen LogP contribution in [0, 0.1) is 11.8 Å². The Kier molecular flexibility index (Phi) is 2.80. The van der Waals surface area contributed by atoms with Gasteiger partial charge in [-0.2, -0.15) is 0 Å². The fourth-order valence-corrected chi connectivity index (χ4v) is 6.42. The van der Waals surface area contributed by atoms with Crippen molar-refractivity contribution in [1.82, 2.24) is 4.90 Å². The molecule has 2 bridgehead atoms. The summed E-state index contributed by atoms with van der Waals surface area (Å²) >= 11 is 0. The van der Waals surface area contributed by atoms with E-state index in [1.54, 1.807) is 7.11 Å². The number of likely N-dealkylation sites (tertiary alicyclic amines) is 1. The number of piperidine rings is 1. The van der Waals surface area contributed by atoms with Crippen LogP contribution in [0.25, 0.3) is 0 Å². The summed E-state index contributed by atoms with van der Waals surface area (Å²) < 4.78 is 11.9. The predicted molar refractivity (Wildman–Crippen MR) is 93.2 cm³/mol. The van der Waals surface area contributed by atoms with Crippen molar-refractivity contribution in [2.45, 2.75) is 56.1 Å². The average molecular weight is 339 g/mol. The van der Waals surface area contributed by atoms with Gasteiger partial charge in [0, 0.05) is 30.0 Å². The molecule has 3 fully saturated rings. The van der Waals surface area contributed by atoms with Crippen molar-refractivity contribution in [2.24, 2.45) is 11.8 Å². The van der Waals surface area contributed by atoms with Crippen molar-refractivity contribution in [3.63, 3.8) is 0 Å². The molecular formula is C21H25NO3. The maximum Gasteiger partial charge on any atom is 0.174 e. The van der Waals surface area contributed by atoms with Gasteiger partial charge in [-0.15, -0.1) is 0 Å². The van der Waals surface area contributed by atoms with Crippen LogP contribution in [-0.2, 0) is 16.6 Å². The van der Waals surface area contributed by atoms with Gasteiger partial charge in [-0.25, -0.2) is 0 Å². The molecule has 2 heterocycles. The van der Waals surface area contributed by atoms with Crippen molar-refractivity contribution in [2.75, 3.05) is 20.2 Å². The quantitative estimate of drug-likeness (QED) is 0.849. The molecule has 1 spiro atoms. The average Bonchev–Trinajstić information content (AvgIpc) is 3.36. The van der Waals surface area contributed by atoms with Crippen LogP contribution < -0.4 is 9.47 Å². The molecule has 25 heavy (non-hydrogen) atoms. The maximum atomic E-state index is 12.8. The van der Waals surface area contributed by atoms with E-state index in [0.29, 0.717) is 24.2 Å². The smallest absolute Gasteiger partial charge is 0.174 e. The Morgan fingerprint density at radius 1 is 1.32 bits per heavy atom. The molecule has 0 amide bonds. The number of carbonyl (C=O) groups is 1. The number of benzene rings is 1. The van der Waals surface area contributed by atoms with E-state index in [-0.39, 0.29) is 11.5 Å². The van der Waals surface area contributed by atoms with E-state index in [1.165, 1.54) is 30.5 Å². The Labute approximate surface area is 148 Å². The van der Waals surface area contributed by atoms with E-state index in [0.717, 1.165) is 43.2 Å². The first-order valence-corrected chi connectivity index (χ1v) is 9.86. The molecule has 4 atom stereocenters. The molecular weight excluding hydrogens is 314 g/mol. The number of rotatable bonds is 3. The number of nitrogens with zero attached hydrogens (tertiary/aromatic N) is 1. The summed E-state index contributed by atoms with van der Waals surface area (Å²) in [5, 5.41) is 0. The van der Waals surface area contributed by atoms with Crippen LogP contribution in [0.15, 0.2) is 12.1 Å². The fourth-order valence-electron chi connectivity index (χ4n) is 6.42. The lowest BCUT2D eigenvalue weighted by Crippen LogP contribution is -2.66. The number of carbonyl (C=O) groups excluding carboxylic acids is 1. The highest BCUT2D eigenvalue weighted by atomic mass is 16.5. The Hall–Kier alpha value is -1.55. The second-order valence-corrected chi connectivity index (χ2v) is 8.74. The molecule has 1 aromatic carbocycles. The lowest BCUT2D eigenvalue weighted by molar-refractivity contribution is -0.138. The Morgan fingerprint density at radius 3 is 3.00 bits per heavy atom. The van der Waals surface area contributed by atoms with Gasteiger partial charge < -0.3 is 9.47 Å². The highest BCUT2D eigenvalue weighted by molar-refractivity contribution is 5.89. The Balaban J connectivity index is 1.53. The zero-order valence-electron chi connectivity index (χ0n) is 14.8. The normalized spacial score (nSPS) is 38.3. The lowest BCUT2D eigenvalue weighted by atomic mass is 9.51. The van der Waals surface area contributed by atoms with Gasteiger partial charge in [-0.1, -0.05) is 6.07 Å². The van der Waals surface area contributed by atoms with E-state index in [4.69, 9.17) is 9.47 Å². The summed E-state index contributed by atoms with van der Waals surface area (Å²) in [6.07, 6.45) is 6.40. The summed E-state index contributed by atoms with van der Waals surface area (Å²) in [7, 11) is 1.70. The molecule has 2 saturated carbocycles. The van der Waals surface area contributed by atoms with Gasteiger partial charge in [-0.05, 0) is 62.1 Å². The van der Waals surface area contributed by atoms with E-state index in [2.05, 4.69) is 11.0 Å². The molecule has 0 N–H and O–H groups in total. The van der Waals surface area contributed by atoms with Crippen LogP contribution in [0.2, 0.25) is 0 Å². The third-order valence-corrected chi connectivity index (χ3v) is 7.62. The van der Waals surface area contributed by atoms with Gasteiger partial charge in [0.1, 0.15) is 0 Å². The van der Waals surface area contributed by atoms with Crippen molar-refractivity contribution in [3.8, 4) is 11.5 Å². The summed E-state index contributed by atoms with van der Waals surface area (Å²) in [5.41, 5.74) is 2.64. The Bertz CT molecular complexity index is 771. The molecule has 1 saturated heterocycles. The van der Waals surface area contributed by atoms with Crippen LogP contribution in [-0.4, -0.2) is 43.0 Å². The minimum atomic E-state index is -0.276. The van der Waals surface area contributed by atoms with Crippen LogP contribution in [0.3, 0.4) is 0 Å². The molecule has 5 aliphatic rings. The van der Waals surface area contributed by atoms with E-state index in [1.807, 2.05) is 6.07 Å². The fraction of sp³-hybridized carbons (Fsp3) is 0.667. The minimum Gasteiger partial charge on any atom is -0.493 e. The molecule has 0 aromatic heterocycles. The molecule has 0 radical (unpaired) electrons. The van der Waals surface area contributed by atoms with Gasteiger partial charge in [0.25, 0.3) is 0 Å². The number of ketones is 1. The highest BCUT2D eigenvalue weighted by Crippen LogP contribution is 2.63. The lowest BCUT2D eigenvalue weighted by Gasteiger charge is -2.57. The molecule has 4 nitrogen and oxygen atoms in total. The molecule has 4 heteroatoms. The van der Waals surface area contributed by atoms with Crippen LogP contribution in [0.4, 0.5) is 0 Å². The number of Topliss-reactive ketones (excluding diaryl/α,β-unsaturated/α-hetero) is 1. The second kappa shape index (κ2) is 4.79. The van der Waals surface area contributed by atoms with Gasteiger partial charge >= 0.3 is 0 Å². The predicted octanol–water partition coefficient (Wildman–Crippen LogP) is 2.71. The van der Waals surface area contributed by atoms with Crippen molar-refractivity contribution in [1.29, 1.82) is 0 Å². The number of ether oxygens (including phenoxy) is 2. The number of hydrogen-bond acceptors (Lipinski definition) is 4. The summed E-state index contributed by atoms with van der Waals surface area (Å²) in [4.78, 5) is 15.6. The maximum absolute atomic E-state index is 12.8. The van der Waals surface area contributed by atoms with Crippen LogP contribution in [0.5, 0.6) is 11.5 Å². The zero-order valence-corrected chi connectivity index (χ0v) is 14.8.